The summed E-state index contributed by atoms with van der Waals surface area (Å²) in [6, 6.07) is 0. The van der Waals surface area contributed by atoms with Crippen LogP contribution in [0.15, 0.2) is 29.6 Å². The van der Waals surface area contributed by atoms with E-state index in [1.165, 1.54) is 12.7 Å². The number of methoxy groups -OCH3 is 1. The maximum absolute atomic E-state index is 14.2. The molecular formula is C42H46MgN4O6-2. The van der Waals surface area contributed by atoms with E-state index >= 15 is 0 Å². The van der Waals surface area contributed by atoms with E-state index in [0.29, 0.717) is 80.0 Å². The number of aliphatic hydroxyl groups excluding tert-OH is 1. The fraction of sp³-hybridized carbons (Fsp3) is 0.405. The number of hydrogen-bond acceptors (Lipinski definition) is 6. The van der Waals surface area contributed by atoms with E-state index in [0.717, 1.165) is 29.5 Å². The Morgan fingerprint density at radius 2 is 1.68 bits per heavy atom. The summed E-state index contributed by atoms with van der Waals surface area (Å²) in [6.07, 6.45) is 12.4. The third-order valence-electron chi connectivity index (χ3n) is 10.7. The summed E-state index contributed by atoms with van der Waals surface area (Å²) < 4.78 is 10.8. The van der Waals surface area contributed by atoms with Crippen molar-refractivity contribution >= 4 is 70.7 Å². The normalized spacial score (nSPS) is 22.5. The molecule has 3 aromatic heterocycles. The summed E-state index contributed by atoms with van der Waals surface area (Å²) in [6.45, 7) is 16.0. The van der Waals surface area contributed by atoms with Gasteiger partial charge in [0.1, 0.15) is 12.5 Å². The molecule has 0 saturated carbocycles. The molecule has 0 spiro atoms. The van der Waals surface area contributed by atoms with Gasteiger partial charge < -0.3 is 34.8 Å². The van der Waals surface area contributed by atoms with E-state index in [1.807, 2.05) is 58.9 Å². The maximum Gasteiger partial charge on any atom is 2.00 e. The molecule has 1 saturated heterocycles. The number of nitrogens with zero attached hydrogens (tertiary/aromatic N) is 4. The first-order valence-electron chi connectivity index (χ1n) is 18.0. The Bertz CT molecular complexity index is 2190. The summed E-state index contributed by atoms with van der Waals surface area (Å²) in [5.41, 5.74) is 9.39. The second-order valence-corrected chi connectivity index (χ2v) is 13.8. The van der Waals surface area contributed by atoms with Gasteiger partial charge in [-0.05, 0) is 69.1 Å². The number of carbonyl (C=O) groups is 3. The van der Waals surface area contributed by atoms with E-state index < -0.39 is 17.7 Å². The quantitative estimate of drug-likeness (QED) is 0.126. The number of allylic oxidation sites excluding steroid dienone is 3. The molecule has 10 nitrogen and oxygen atoms in total. The average molecular weight is 727 g/mol. The van der Waals surface area contributed by atoms with Crippen molar-refractivity contribution < 1.29 is 29.0 Å². The summed E-state index contributed by atoms with van der Waals surface area (Å²) in [7, 11) is 1.27. The van der Waals surface area contributed by atoms with Crippen LogP contribution >= 0.6 is 0 Å². The average Bonchev–Trinajstić information content (AvgIpc) is 3.87. The zero-order valence-electron chi connectivity index (χ0n) is 31.8. The third-order valence-corrected chi connectivity index (χ3v) is 10.7. The van der Waals surface area contributed by atoms with Crippen LogP contribution in [-0.4, -0.2) is 59.6 Å². The first-order chi connectivity index (χ1) is 25.0. The van der Waals surface area contributed by atoms with E-state index in [-0.39, 0.29) is 60.5 Å². The molecule has 3 aliphatic rings. The minimum absolute atomic E-state index is 0. The van der Waals surface area contributed by atoms with E-state index in [2.05, 4.69) is 13.5 Å². The summed E-state index contributed by atoms with van der Waals surface area (Å²) in [5, 5.41) is 16.9. The van der Waals surface area contributed by atoms with Crippen LogP contribution in [0.4, 0.5) is 0 Å². The van der Waals surface area contributed by atoms with Crippen molar-refractivity contribution in [3.63, 3.8) is 0 Å². The van der Waals surface area contributed by atoms with Gasteiger partial charge >= 0.3 is 35.0 Å². The van der Waals surface area contributed by atoms with Crippen LogP contribution in [0.2, 0.25) is 0 Å². The molecule has 0 unspecified atom stereocenters. The second-order valence-electron chi connectivity index (χ2n) is 13.8. The van der Waals surface area contributed by atoms with Crippen molar-refractivity contribution in [2.75, 3.05) is 13.7 Å². The first kappa shape index (κ1) is 39.9. The Labute approximate surface area is 326 Å². The SMILES string of the molecule is C=Cc1c2[n-]c(c1C)/C=C1\[N-]/C(=C3\c4[n-]c(c(C)c4C(=O)[C@@H]3C(=O)OC)/C=c3\[n-]/c(c(CO)c3CC)=C\2)[C@@H](CCC(=O)OC/C=C(\C)CCC)[C@@H]1C.[Mg+2]. The first-order valence-corrected chi connectivity index (χ1v) is 18.0. The second kappa shape index (κ2) is 16.4. The Morgan fingerprint density at radius 3 is 2.34 bits per heavy atom. The molecule has 8 bridgehead atoms. The van der Waals surface area contributed by atoms with Gasteiger partial charge in [-0.2, -0.15) is 11.4 Å². The topological polar surface area (TPSA) is 146 Å². The van der Waals surface area contributed by atoms with Crippen LogP contribution in [0.25, 0.3) is 35.2 Å². The zero-order valence-corrected chi connectivity index (χ0v) is 33.2. The zero-order chi connectivity index (χ0) is 37.4. The Morgan fingerprint density at radius 1 is 0.981 bits per heavy atom. The molecule has 3 atom stereocenters. The Kier molecular flexibility index (Phi) is 12.3. The molecule has 1 fully saturated rings. The molecule has 5 heterocycles. The number of aromatic nitrogens is 3. The van der Waals surface area contributed by atoms with Gasteiger partial charge in [-0.1, -0.05) is 85.9 Å². The van der Waals surface area contributed by atoms with Gasteiger partial charge in [-0.15, -0.1) is 33.5 Å². The van der Waals surface area contributed by atoms with Gasteiger partial charge in [0.15, 0.2) is 5.78 Å². The van der Waals surface area contributed by atoms with Crippen LogP contribution in [0.3, 0.4) is 0 Å². The number of rotatable bonds is 11. The van der Waals surface area contributed by atoms with Crippen molar-refractivity contribution in [3.05, 3.63) is 102 Å². The van der Waals surface area contributed by atoms with Crippen LogP contribution in [-0.2, 0) is 32.1 Å². The van der Waals surface area contributed by atoms with Crippen molar-refractivity contribution in [2.45, 2.75) is 80.3 Å². The summed E-state index contributed by atoms with van der Waals surface area (Å²) in [5.74, 6) is -3.21. The summed E-state index contributed by atoms with van der Waals surface area (Å²) >= 11 is 0. The van der Waals surface area contributed by atoms with Gasteiger partial charge in [-0.25, -0.2) is 0 Å². The molecular weight excluding hydrogens is 681 g/mol. The minimum atomic E-state index is -1.25. The predicted octanol–water partition coefficient (Wildman–Crippen LogP) is 4.91. The molecule has 3 aromatic rings. The standard InChI is InChI=1S/C42H47N4O6.Mg/c1-9-12-21(4)15-16-52-35(48)14-13-27-23(6)30-17-29-22(5)25(10-2)32(43-29)19-34-28(20-47)26(11-3)33(44-34)18-31-24(7)36-40(46-31)37(39(27)45-30)38(41(36)49)42(50)51-8;/h10,15,17-19,23,27,38,47H,2,9,11-14,16,20H2,1,3-8H3,(H-,45,46,49);/q-3;+2/p-1/b21-15+,30-17-,33-18-,34-19-;/t23-,27-,38+;/m0./s1. The van der Waals surface area contributed by atoms with Gasteiger partial charge in [-0.3, -0.25) is 14.4 Å². The van der Waals surface area contributed by atoms with Crippen LogP contribution < -0.4 is 25.7 Å². The number of ketones is 1. The number of Topliss-reactive ketones (excluding diaryl/α,β-unsaturated/α-hetero) is 1. The number of carbonyl (C=O) groups excluding carboxylic acids is 3. The Hall–Kier alpha value is -4.32. The molecule has 1 aliphatic carbocycles. The summed E-state index contributed by atoms with van der Waals surface area (Å²) in [4.78, 5) is 55.6. The number of aliphatic hydroxyl groups is 1. The smallest absolute Gasteiger partial charge is 0.664 e. The minimum Gasteiger partial charge on any atom is -0.664 e. The van der Waals surface area contributed by atoms with E-state index in [1.54, 1.807) is 6.08 Å². The van der Waals surface area contributed by atoms with Crippen molar-refractivity contribution in [1.82, 2.24) is 15.0 Å². The fourth-order valence-corrected chi connectivity index (χ4v) is 7.82. The molecule has 0 amide bonds. The van der Waals surface area contributed by atoms with Crippen LogP contribution in [0.1, 0.15) is 114 Å². The van der Waals surface area contributed by atoms with Crippen LogP contribution in [0, 0.1) is 31.6 Å². The van der Waals surface area contributed by atoms with Crippen molar-refractivity contribution in [1.29, 1.82) is 0 Å². The molecule has 0 aromatic carbocycles. The molecule has 0 radical (unpaired) electrons. The molecule has 11 heteroatoms. The number of hydrogen-bond donors (Lipinski definition) is 1. The van der Waals surface area contributed by atoms with Crippen molar-refractivity contribution in [3.8, 4) is 0 Å². The molecule has 274 valence electrons. The molecule has 1 N–H and O–H groups in total. The fourth-order valence-electron chi connectivity index (χ4n) is 7.82. The van der Waals surface area contributed by atoms with E-state index in [9.17, 15) is 19.5 Å². The molecule has 6 rings (SSSR count). The van der Waals surface area contributed by atoms with E-state index in [4.69, 9.17) is 29.7 Å². The number of ether oxygens (including phenoxy) is 2. The molecule has 2 aliphatic heterocycles. The van der Waals surface area contributed by atoms with Gasteiger partial charge in [0.25, 0.3) is 0 Å². The third kappa shape index (κ3) is 7.18. The van der Waals surface area contributed by atoms with Crippen molar-refractivity contribution in [2.24, 2.45) is 17.8 Å². The predicted molar refractivity (Wildman–Crippen MR) is 206 cm³/mol. The van der Waals surface area contributed by atoms with Gasteiger partial charge in [0.2, 0.25) is 0 Å². The van der Waals surface area contributed by atoms with Crippen LogP contribution in [0.5, 0.6) is 0 Å². The Balaban J connectivity index is 0.00000541. The monoisotopic (exact) mass is 726 g/mol. The van der Waals surface area contributed by atoms with Gasteiger partial charge in [0, 0.05) is 12.0 Å². The largest absolute Gasteiger partial charge is 2.00 e. The maximum atomic E-state index is 14.2. The number of fused-ring (bicyclic) bond motifs is 7. The number of esters is 2. The van der Waals surface area contributed by atoms with Gasteiger partial charge in [0.05, 0.1) is 13.7 Å². The molecule has 53 heavy (non-hydrogen) atoms.